The van der Waals surface area contributed by atoms with E-state index >= 15 is 0 Å². The van der Waals surface area contributed by atoms with Gasteiger partial charge in [0, 0.05) is 18.4 Å². The Kier molecular flexibility index (Phi) is 4.21. The van der Waals surface area contributed by atoms with Crippen molar-refractivity contribution in [2.45, 2.75) is 11.8 Å². The number of nitro groups is 1. The van der Waals surface area contributed by atoms with Crippen LogP contribution in [-0.2, 0) is 10.8 Å². The standard InChI is InChI=1S/C10H8F2N4O4S/c1-21(19)10-14-13-5-15(10)6-2-3-7(16(17)18)8(4-6)20-9(11)12/h2-5,9H,1H3. The van der Waals surface area contributed by atoms with E-state index in [-0.39, 0.29) is 10.8 Å². The molecule has 0 aliphatic rings. The van der Waals surface area contributed by atoms with Gasteiger partial charge in [0.25, 0.3) is 0 Å². The SMILES string of the molecule is CS(=O)c1nncn1-c1ccc([N+](=O)[O-])c(OC(F)F)c1. The van der Waals surface area contributed by atoms with Crippen LogP contribution in [0.2, 0.25) is 0 Å². The molecule has 0 bridgehead atoms. The van der Waals surface area contributed by atoms with Crippen LogP contribution in [-0.4, -0.2) is 36.8 Å². The lowest BCUT2D eigenvalue weighted by Gasteiger charge is -2.09. The first-order chi connectivity index (χ1) is 9.90. The van der Waals surface area contributed by atoms with Crippen LogP contribution < -0.4 is 4.74 Å². The molecule has 8 nitrogen and oxygen atoms in total. The van der Waals surface area contributed by atoms with Crippen LogP contribution in [0.15, 0.2) is 29.7 Å². The molecule has 0 fully saturated rings. The Morgan fingerprint density at radius 3 is 2.76 bits per heavy atom. The number of nitrogens with zero attached hydrogens (tertiary/aromatic N) is 4. The van der Waals surface area contributed by atoms with Gasteiger partial charge in [0.1, 0.15) is 6.33 Å². The topological polar surface area (TPSA) is 100 Å². The highest BCUT2D eigenvalue weighted by Gasteiger charge is 2.20. The Morgan fingerprint density at radius 2 is 2.19 bits per heavy atom. The fourth-order valence-corrected chi connectivity index (χ4v) is 2.18. The van der Waals surface area contributed by atoms with E-state index in [4.69, 9.17) is 0 Å². The molecule has 11 heteroatoms. The summed E-state index contributed by atoms with van der Waals surface area (Å²) in [5.41, 5.74) is -0.391. The molecule has 0 aliphatic carbocycles. The van der Waals surface area contributed by atoms with Crippen molar-refractivity contribution in [1.82, 2.24) is 14.8 Å². The number of aromatic nitrogens is 3. The summed E-state index contributed by atoms with van der Waals surface area (Å²) >= 11 is 0. The van der Waals surface area contributed by atoms with Gasteiger partial charge < -0.3 is 4.74 Å². The van der Waals surface area contributed by atoms with E-state index in [0.29, 0.717) is 0 Å². The Hall–Kier alpha value is -2.43. The van der Waals surface area contributed by atoms with Gasteiger partial charge in [-0.05, 0) is 6.07 Å². The van der Waals surface area contributed by atoms with Gasteiger partial charge in [0.05, 0.1) is 21.4 Å². The van der Waals surface area contributed by atoms with Crippen molar-refractivity contribution in [2.75, 3.05) is 6.26 Å². The van der Waals surface area contributed by atoms with Crippen LogP contribution in [0.5, 0.6) is 5.75 Å². The second kappa shape index (κ2) is 5.91. The summed E-state index contributed by atoms with van der Waals surface area (Å²) in [5, 5.41) is 18.0. The van der Waals surface area contributed by atoms with Gasteiger partial charge in [-0.25, -0.2) is 0 Å². The fraction of sp³-hybridized carbons (Fsp3) is 0.200. The summed E-state index contributed by atoms with van der Waals surface area (Å²) < 4.78 is 41.5. The van der Waals surface area contributed by atoms with Crippen LogP contribution >= 0.6 is 0 Å². The smallest absolute Gasteiger partial charge is 0.387 e. The van der Waals surface area contributed by atoms with Crippen LogP contribution in [0.4, 0.5) is 14.5 Å². The van der Waals surface area contributed by atoms with E-state index in [0.717, 1.165) is 12.1 Å². The number of rotatable bonds is 5. The minimum Gasteiger partial charge on any atom is -0.427 e. The van der Waals surface area contributed by atoms with Gasteiger partial charge in [-0.2, -0.15) is 8.78 Å². The molecule has 2 rings (SSSR count). The predicted octanol–water partition coefficient (Wildman–Crippen LogP) is 1.51. The van der Waals surface area contributed by atoms with Gasteiger partial charge in [-0.1, -0.05) is 0 Å². The first-order valence-corrected chi connectivity index (χ1v) is 6.93. The van der Waals surface area contributed by atoms with Crippen molar-refractivity contribution in [3.8, 4) is 11.4 Å². The first-order valence-electron chi connectivity index (χ1n) is 5.37. The maximum atomic E-state index is 12.3. The van der Waals surface area contributed by atoms with Crippen LogP contribution in [0.25, 0.3) is 5.69 Å². The minimum absolute atomic E-state index is 0.0758. The lowest BCUT2D eigenvalue weighted by atomic mass is 10.2. The summed E-state index contributed by atoms with van der Waals surface area (Å²) in [4.78, 5) is 9.94. The molecule has 1 aromatic carbocycles. The number of nitro benzene ring substituents is 1. The summed E-state index contributed by atoms with van der Waals surface area (Å²) in [6, 6.07) is 3.33. The highest BCUT2D eigenvalue weighted by molar-refractivity contribution is 7.84. The lowest BCUT2D eigenvalue weighted by Crippen LogP contribution is -2.07. The lowest BCUT2D eigenvalue weighted by molar-refractivity contribution is -0.386. The van der Waals surface area contributed by atoms with Crippen LogP contribution in [0.1, 0.15) is 0 Å². The average Bonchev–Trinajstić information content (AvgIpc) is 2.86. The molecule has 2 aromatic rings. The van der Waals surface area contributed by atoms with Crippen molar-refractivity contribution >= 4 is 16.5 Å². The monoisotopic (exact) mass is 318 g/mol. The molecule has 0 amide bonds. The highest BCUT2D eigenvalue weighted by Crippen LogP contribution is 2.31. The average molecular weight is 318 g/mol. The number of hydrogen-bond donors (Lipinski definition) is 0. The number of alkyl halides is 2. The molecular weight excluding hydrogens is 310 g/mol. The van der Waals surface area contributed by atoms with Crippen molar-refractivity contribution in [2.24, 2.45) is 0 Å². The molecule has 0 spiro atoms. The summed E-state index contributed by atoms with van der Waals surface area (Å²) in [6.45, 7) is -3.21. The number of halogens is 2. The van der Waals surface area contributed by atoms with Crippen LogP contribution in [0, 0.1) is 10.1 Å². The number of benzene rings is 1. The second-order valence-electron chi connectivity index (χ2n) is 3.73. The number of hydrogen-bond acceptors (Lipinski definition) is 6. The third-order valence-corrected chi connectivity index (χ3v) is 3.20. The Balaban J connectivity index is 2.53. The Bertz CT molecular complexity index is 706. The van der Waals surface area contributed by atoms with E-state index in [1.165, 1.54) is 23.2 Å². The van der Waals surface area contributed by atoms with Crippen molar-refractivity contribution in [3.05, 3.63) is 34.6 Å². The number of ether oxygens (including phenoxy) is 1. The van der Waals surface area contributed by atoms with Crippen LogP contribution in [0.3, 0.4) is 0 Å². The molecule has 0 saturated carbocycles. The zero-order valence-electron chi connectivity index (χ0n) is 10.5. The zero-order valence-corrected chi connectivity index (χ0v) is 11.3. The first kappa shape index (κ1) is 15.0. The second-order valence-corrected chi connectivity index (χ2v) is 5.00. The molecule has 0 aliphatic heterocycles. The van der Waals surface area contributed by atoms with Crippen molar-refractivity contribution in [3.63, 3.8) is 0 Å². The molecule has 1 heterocycles. The molecular formula is C10H8F2N4O4S. The molecule has 0 saturated heterocycles. The van der Waals surface area contributed by atoms with Gasteiger partial charge in [-0.3, -0.25) is 18.9 Å². The van der Waals surface area contributed by atoms with Crippen molar-refractivity contribution in [1.29, 1.82) is 0 Å². The predicted molar refractivity (Wildman–Crippen MR) is 67.0 cm³/mol. The molecule has 21 heavy (non-hydrogen) atoms. The third kappa shape index (κ3) is 3.18. The Labute approximate surface area is 119 Å². The summed E-state index contributed by atoms with van der Waals surface area (Å²) in [6.07, 6.45) is 2.58. The van der Waals surface area contributed by atoms with E-state index in [2.05, 4.69) is 14.9 Å². The summed E-state index contributed by atoms with van der Waals surface area (Å²) in [5.74, 6) is -0.603. The quantitative estimate of drug-likeness (QED) is 0.612. The zero-order chi connectivity index (χ0) is 15.6. The van der Waals surface area contributed by atoms with Gasteiger partial charge in [0.15, 0.2) is 0 Å². The molecule has 0 radical (unpaired) electrons. The fourth-order valence-electron chi connectivity index (χ4n) is 1.59. The molecule has 1 unspecified atom stereocenters. The normalized spacial score (nSPS) is 12.4. The minimum atomic E-state index is -3.21. The molecule has 1 atom stereocenters. The molecule has 0 N–H and O–H groups in total. The molecule has 112 valence electrons. The van der Waals surface area contributed by atoms with Gasteiger partial charge in [0.2, 0.25) is 10.9 Å². The Morgan fingerprint density at radius 1 is 1.48 bits per heavy atom. The van der Waals surface area contributed by atoms with Crippen molar-refractivity contribution < 1.29 is 22.6 Å². The largest absolute Gasteiger partial charge is 0.427 e. The van der Waals surface area contributed by atoms with E-state index in [1.807, 2.05) is 0 Å². The summed E-state index contributed by atoms with van der Waals surface area (Å²) in [7, 11) is -1.47. The van der Waals surface area contributed by atoms with E-state index in [1.54, 1.807) is 0 Å². The maximum Gasteiger partial charge on any atom is 0.387 e. The van der Waals surface area contributed by atoms with Gasteiger partial charge in [-0.15, -0.1) is 10.2 Å². The van der Waals surface area contributed by atoms with Gasteiger partial charge >= 0.3 is 12.3 Å². The van der Waals surface area contributed by atoms with E-state index in [9.17, 15) is 23.1 Å². The van der Waals surface area contributed by atoms with E-state index < -0.39 is 33.8 Å². The maximum absolute atomic E-state index is 12.3. The third-order valence-electron chi connectivity index (χ3n) is 2.41. The highest BCUT2D eigenvalue weighted by atomic mass is 32.2. The molecule has 1 aromatic heterocycles.